The predicted octanol–water partition coefficient (Wildman–Crippen LogP) is 2.44. The molecule has 0 aromatic heterocycles. The second-order valence-electron chi connectivity index (χ2n) is 5.90. The Morgan fingerprint density at radius 2 is 2.00 bits per heavy atom. The SMILES string of the molecule is CCC1(CCN(C)C)CN(c2ccc(C(=O)O)cc2)C(=O)O1. The van der Waals surface area contributed by atoms with Crippen molar-refractivity contribution in [3.63, 3.8) is 0 Å². The summed E-state index contributed by atoms with van der Waals surface area (Å²) in [5.74, 6) is -0.982. The largest absolute Gasteiger partial charge is 0.478 e. The van der Waals surface area contributed by atoms with Gasteiger partial charge in [0.15, 0.2) is 0 Å². The van der Waals surface area contributed by atoms with Gasteiger partial charge in [-0.3, -0.25) is 4.90 Å². The van der Waals surface area contributed by atoms with Crippen LogP contribution in [-0.2, 0) is 4.74 Å². The van der Waals surface area contributed by atoms with Gasteiger partial charge >= 0.3 is 12.1 Å². The van der Waals surface area contributed by atoms with Crippen molar-refractivity contribution in [3.05, 3.63) is 29.8 Å². The Kier molecular flexibility index (Phi) is 4.71. The minimum absolute atomic E-state index is 0.200. The zero-order chi connectivity index (χ0) is 16.3. The van der Waals surface area contributed by atoms with E-state index in [2.05, 4.69) is 4.90 Å². The van der Waals surface area contributed by atoms with Crippen molar-refractivity contribution < 1.29 is 19.4 Å². The minimum atomic E-state index is -0.982. The number of anilines is 1. The lowest BCUT2D eigenvalue weighted by molar-refractivity contribution is 0.0408. The first-order valence-electron chi connectivity index (χ1n) is 7.35. The van der Waals surface area contributed by atoms with E-state index < -0.39 is 11.6 Å². The molecule has 1 N–H and O–H groups in total. The number of nitrogens with zero attached hydrogens (tertiary/aromatic N) is 2. The third kappa shape index (κ3) is 3.39. The van der Waals surface area contributed by atoms with Crippen LogP contribution in [0.15, 0.2) is 24.3 Å². The highest BCUT2D eigenvalue weighted by Gasteiger charge is 2.44. The topological polar surface area (TPSA) is 70.1 Å². The zero-order valence-electron chi connectivity index (χ0n) is 13.2. The fraction of sp³-hybridized carbons (Fsp3) is 0.500. The Morgan fingerprint density at radius 1 is 1.36 bits per heavy atom. The monoisotopic (exact) mass is 306 g/mol. The summed E-state index contributed by atoms with van der Waals surface area (Å²) in [6, 6.07) is 6.28. The van der Waals surface area contributed by atoms with Crippen LogP contribution < -0.4 is 4.90 Å². The van der Waals surface area contributed by atoms with Gasteiger partial charge in [0.2, 0.25) is 0 Å². The highest BCUT2D eigenvalue weighted by Crippen LogP contribution is 2.33. The molecule has 1 fully saturated rings. The lowest BCUT2D eigenvalue weighted by Crippen LogP contribution is -2.37. The van der Waals surface area contributed by atoms with E-state index in [1.54, 1.807) is 17.0 Å². The molecule has 0 radical (unpaired) electrons. The van der Waals surface area contributed by atoms with Crippen LogP contribution in [0.1, 0.15) is 30.1 Å². The van der Waals surface area contributed by atoms with Crippen molar-refractivity contribution in [2.45, 2.75) is 25.4 Å². The molecule has 0 bridgehead atoms. The summed E-state index contributed by atoms with van der Waals surface area (Å²) in [4.78, 5) is 26.7. The molecule has 6 heteroatoms. The van der Waals surface area contributed by atoms with E-state index in [9.17, 15) is 9.59 Å². The molecule has 1 atom stereocenters. The average Bonchev–Trinajstić information content (AvgIpc) is 2.83. The van der Waals surface area contributed by atoms with E-state index in [4.69, 9.17) is 9.84 Å². The molecule has 1 aliphatic heterocycles. The number of hydrogen-bond donors (Lipinski definition) is 1. The van der Waals surface area contributed by atoms with E-state index in [1.165, 1.54) is 12.1 Å². The van der Waals surface area contributed by atoms with Crippen LogP contribution in [0.5, 0.6) is 0 Å². The highest BCUT2D eigenvalue weighted by molar-refractivity contribution is 5.92. The van der Waals surface area contributed by atoms with Crippen LogP contribution in [0.3, 0.4) is 0 Å². The van der Waals surface area contributed by atoms with E-state index >= 15 is 0 Å². The number of carbonyl (C=O) groups excluding carboxylic acids is 1. The second-order valence-corrected chi connectivity index (χ2v) is 5.90. The number of amides is 1. The van der Waals surface area contributed by atoms with E-state index in [0.29, 0.717) is 12.2 Å². The van der Waals surface area contributed by atoms with Gasteiger partial charge in [0.1, 0.15) is 5.60 Å². The van der Waals surface area contributed by atoms with Gasteiger partial charge < -0.3 is 14.7 Å². The van der Waals surface area contributed by atoms with Crippen molar-refractivity contribution in [2.75, 3.05) is 32.1 Å². The van der Waals surface area contributed by atoms with Crippen molar-refractivity contribution >= 4 is 17.7 Å². The Balaban J connectivity index is 2.15. The number of carbonyl (C=O) groups is 2. The first-order valence-corrected chi connectivity index (χ1v) is 7.35. The highest BCUT2D eigenvalue weighted by atomic mass is 16.6. The third-order valence-electron chi connectivity index (χ3n) is 4.06. The standard InChI is InChI=1S/C16H22N2O4/c1-4-16(9-10-17(2)3)11-18(15(21)22-16)13-7-5-12(6-8-13)14(19)20/h5-8H,4,9-11H2,1-3H3,(H,19,20). The Bertz CT molecular complexity index is 556. The van der Waals surface area contributed by atoms with Gasteiger partial charge in [0, 0.05) is 18.7 Å². The number of ether oxygens (including phenoxy) is 1. The molecule has 0 aliphatic carbocycles. The summed E-state index contributed by atoms with van der Waals surface area (Å²) in [5, 5.41) is 8.93. The summed E-state index contributed by atoms with van der Waals surface area (Å²) in [5.41, 5.74) is 0.383. The van der Waals surface area contributed by atoms with Crippen LogP contribution in [0.4, 0.5) is 10.5 Å². The molecule has 0 spiro atoms. The van der Waals surface area contributed by atoms with Gasteiger partial charge in [-0.05, 0) is 44.8 Å². The molecule has 1 aromatic carbocycles. The van der Waals surface area contributed by atoms with Gasteiger partial charge in [0.05, 0.1) is 12.1 Å². The fourth-order valence-corrected chi connectivity index (χ4v) is 2.52. The Labute approximate surface area is 130 Å². The predicted molar refractivity (Wildman–Crippen MR) is 83.4 cm³/mol. The quantitative estimate of drug-likeness (QED) is 0.874. The van der Waals surface area contributed by atoms with Crippen LogP contribution in [-0.4, -0.2) is 54.9 Å². The molecule has 120 valence electrons. The van der Waals surface area contributed by atoms with Gasteiger partial charge in [-0.1, -0.05) is 6.92 Å². The summed E-state index contributed by atoms with van der Waals surface area (Å²) in [6.45, 7) is 3.34. The summed E-state index contributed by atoms with van der Waals surface area (Å²) in [7, 11) is 3.98. The fourth-order valence-electron chi connectivity index (χ4n) is 2.52. The Hall–Kier alpha value is -2.08. The number of hydrogen-bond acceptors (Lipinski definition) is 4. The molecular formula is C16H22N2O4. The van der Waals surface area contributed by atoms with Crippen molar-refractivity contribution in [1.82, 2.24) is 4.90 Å². The summed E-state index contributed by atoms with van der Waals surface area (Å²) < 4.78 is 5.64. The molecule has 6 nitrogen and oxygen atoms in total. The van der Waals surface area contributed by atoms with E-state index in [0.717, 1.165) is 19.4 Å². The number of cyclic esters (lactones) is 1. The first kappa shape index (κ1) is 16.3. The second kappa shape index (κ2) is 6.36. The van der Waals surface area contributed by atoms with E-state index in [-0.39, 0.29) is 11.7 Å². The Morgan fingerprint density at radius 3 is 2.50 bits per heavy atom. The van der Waals surface area contributed by atoms with Crippen molar-refractivity contribution in [1.29, 1.82) is 0 Å². The van der Waals surface area contributed by atoms with Crippen LogP contribution in [0.2, 0.25) is 0 Å². The molecule has 1 saturated heterocycles. The van der Waals surface area contributed by atoms with Crippen molar-refractivity contribution in [2.24, 2.45) is 0 Å². The van der Waals surface area contributed by atoms with Gasteiger partial charge in [-0.2, -0.15) is 0 Å². The smallest absolute Gasteiger partial charge is 0.415 e. The minimum Gasteiger partial charge on any atom is -0.478 e. The number of carboxylic acid groups (broad SMARTS) is 1. The molecule has 1 aromatic rings. The number of rotatable bonds is 6. The third-order valence-corrected chi connectivity index (χ3v) is 4.06. The number of aromatic carboxylic acids is 1. The molecule has 22 heavy (non-hydrogen) atoms. The maximum atomic E-state index is 12.2. The van der Waals surface area contributed by atoms with E-state index in [1.807, 2.05) is 21.0 Å². The lowest BCUT2D eigenvalue weighted by Gasteiger charge is -2.26. The van der Waals surface area contributed by atoms with Gasteiger partial charge in [-0.15, -0.1) is 0 Å². The van der Waals surface area contributed by atoms with Gasteiger partial charge in [0.25, 0.3) is 0 Å². The molecule has 1 amide bonds. The zero-order valence-corrected chi connectivity index (χ0v) is 13.2. The van der Waals surface area contributed by atoms with Crippen LogP contribution in [0.25, 0.3) is 0 Å². The normalized spacial score (nSPS) is 21.3. The summed E-state index contributed by atoms with van der Waals surface area (Å²) in [6.07, 6.45) is 1.14. The molecule has 0 saturated carbocycles. The lowest BCUT2D eigenvalue weighted by atomic mass is 9.96. The average molecular weight is 306 g/mol. The van der Waals surface area contributed by atoms with Crippen LogP contribution >= 0.6 is 0 Å². The summed E-state index contributed by atoms with van der Waals surface area (Å²) >= 11 is 0. The molecule has 1 heterocycles. The molecule has 1 unspecified atom stereocenters. The molecule has 1 aliphatic rings. The van der Waals surface area contributed by atoms with Crippen molar-refractivity contribution in [3.8, 4) is 0 Å². The maximum absolute atomic E-state index is 12.2. The number of benzene rings is 1. The number of carboxylic acids is 1. The molecular weight excluding hydrogens is 284 g/mol. The van der Waals surface area contributed by atoms with Crippen LogP contribution in [0, 0.1) is 0 Å². The first-order chi connectivity index (χ1) is 10.4. The molecule has 2 rings (SSSR count). The maximum Gasteiger partial charge on any atom is 0.415 e. The van der Waals surface area contributed by atoms with Gasteiger partial charge in [-0.25, -0.2) is 9.59 Å².